The molecule has 1 aliphatic heterocycles. The highest BCUT2D eigenvalue weighted by Gasteiger charge is 2.35. The van der Waals surface area contributed by atoms with Gasteiger partial charge in [-0.05, 0) is 52.7 Å². The summed E-state index contributed by atoms with van der Waals surface area (Å²) in [6.07, 6.45) is 4.79. The van der Waals surface area contributed by atoms with Crippen molar-refractivity contribution in [3.8, 4) is 5.82 Å². The second-order valence-electron chi connectivity index (χ2n) is 7.22. The minimum Gasteiger partial charge on any atom is -0.444 e. The number of aryl methyl sites for hydroxylation is 1. The number of aromatic nitrogens is 3. The molecule has 0 aromatic carbocycles. The number of rotatable bonds is 2. The SMILES string of the molecule is Cc1nc(-n2ccnc2C2CCCN2C(=O)OC(C)(C)C)ccc1F. The van der Waals surface area contributed by atoms with E-state index < -0.39 is 5.60 Å². The van der Waals surface area contributed by atoms with Crippen molar-refractivity contribution in [2.45, 2.75) is 52.2 Å². The average molecular weight is 346 g/mol. The maximum atomic E-state index is 13.5. The Kier molecular flexibility index (Phi) is 4.49. The quantitative estimate of drug-likeness (QED) is 0.830. The molecule has 1 saturated heterocycles. The van der Waals surface area contributed by atoms with E-state index in [0.717, 1.165) is 12.8 Å². The molecule has 1 atom stereocenters. The van der Waals surface area contributed by atoms with Gasteiger partial charge in [-0.2, -0.15) is 0 Å². The van der Waals surface area contributed by atoms with Crippen LogP contribution < -0.4 is 0 Å². The smallest absolute Gasteiger partial charge is 0.410 e. The minimum absolute atomic E-state index is 0.183. The molecule has 0 aliphatic carbocycles. The fraction of sp³-hybridized carbons (Fsp3) is 0.500. The normalized spacial score (nSPS) is 17.8. The highest BCUT2D eigenvalue weighted by molar-refractivity contribution is 5.69. The summed E-state index contributed by atoms with van der Waals surface area (Å²) in [6.45, 7) is 7.80. The van der Waals surface area contributed by atoms with Crippen molar-refractivity contribution < 1.29 is 13.9 Å². The summed E-state index contributed by atoms with van der Waals surface area (Å²) >= 11 is 0. The number of likely N-dealkylation sites (tertiary alicyclic amines) is 1. The number of hydrogen-bond acceptors (Lipinski definition) is 4. The molecular formula is C18H23FN4O2. The Morgan fingerprint density at radius 3 is 2.80 bits per heavy atom. The van der Waals surface area contributed by atoms with Crippen molar-refractivity contribution in [2.75, 3.05) is 6.54 Å². The van der Waals surface area contributed by atoms with Gasteiger partial charge in [0.15, 0.2) is 0 Å². The number of amides is 1. The largest absolute Gasteiger partial charge is 0.444 e. The summed E-state index contributed by atoms with van der Waals surface area (Å²) in [5.41, 5.74) is -0.220. The molecule has 1 aliphatic rings. The van der Waals surface area contributed by atoms with Crippen LogP contribution in [-0.4, -0.2) is 37.7 Å². The van der Waals surface area contributed by atoms with E-state index in [1.165, 1.54) is 6.07 Å². The molecule has 0 saturated carbocycles. The van der Waals surface area contributed by atoms with Crippen LogP contribution in [0.3, 0.4) is 0 Å². The van der Waals surface area contributed by atoms with Gasteiger partial charge < -0.3 is 4.74 Å². The van der Waals surface area contributed by atoms with E-state index in [-0.39, 0.29) is 18.0 Å². The van der Waals surface area contributed by atoms with Gasteiger partial charge in [0.2, 0.25) is 0 Å². The van der Waals surface area contributed by atoms with E-state index in [0.29, 0.717) is 23.9 Å². The molecule has 0 N–H and O–H groups in total. The van der Waals surface area contributed by atoms with Crippen molar-refractivity contribution in [1.82, 2.24) is 19.4 Å². The molecular weight excluding hydrogens is 323 g/mol. The van der Waals surface area contributed by atoms with Crippen LogP contribution in [0, 0.1) is 12.7 Å². The number of pyridine rings is 1. The van der Waals surface area contributed by atoms with Gasteiger partial charge in [0.05, 0.1) is 11.7 Å². The summed E-state index contributed by atoms with van der Waals surface area (Å²) in [6, 6.07) is 2.82. The average Bonchev–Trinajstić information content (AvgIpc) is 3.15. The standard InChI is InChI=1S/C18H23FN4O2/c1-12-13(19)7-8-15(21-12)23-11-9-20-16(23)14-6-5-10-22(14)17(24)25-18(2,3)4/h7-9,11,14H,5-6,10H2,1-4H3. The molecule has 134 valence electrons. The number of hydrogen-bond donors (Lipinski definition) is 0. The summed E-state index contributed by atoms with van der Waals surface area (Å²) in [4.78, 5) is 22.9. The van der Waals surface area contributed by atoms with Crippen LogP contribution in [0.15, 0.2) is 24.5 Å². The summed E-state index contributed by atoms with van der Waals surface area (Å²) in [7, 11) is 0. The van der Waals surface area contributed by atoms with Crippen molar-refractivity contribution >= 4 is 6.09 Å². The summed E-state index contributed by atoms with van der Waals surface area (Å²) in [5.74, 6) is 0.950. The molecule has 6 nitrogen and oxygen atoms in total. The van der Waals surface area contributed by atoms with Crippen LogP contribution in [0.1, 0.15) is 51.2 Å². The Balaban J connectivity index is 1.90. The van der Waals surface area contributed by atoms with Gasteiger partial charge >= 0.3 is 6.09 Å². The monoisotopic (exact) mass is 346 g/mol. The Hall–Kier alpha value is -2.44. The van der Waals surface area contributed by atoms with E-state index >= 15 is 0 Å². The minimum atomic E-state index is -0.546. The first-order chi connectivity index (χ1) is 11.8. The third-order valence-corrected chi connectivity index (χ3v) is 4.10. The number of ether oxygens (including phenoxy) is 1. The lowest BCUT2D eigenvalue weighted by Crippen LogP contribution is -2.37. The van der Waals surface area contributed by atoms with E-state index in [1.807, 2.05) is 20.8 Å². The molecule has 7 heteroatoms. The molecule has 1 unspecified atom stereocenters. The maximum absolute atomic E-state index is 13.5. The highest BCUT2D eigenvalue weighted by atomic mass is 19.1. The Morgan fingerprint density at radius 2 is 2.12 bits per heavy atom. The predicted molar refractivity (Wildman–Crippen MR) is 91.0 cm³/mol. The molecule has 2 aromatic heterocycles. The maximum Gasteiger partial charge on any atom is 0.410 e. The number of nitrogens with zero attached hydrogens (tertiary/aromatic N) is 4. The lowest BCUT2D eigenvalue weighted by atomic mass is 10.2. The van der Waals surface area contributed by atoms with Gasteiger partial charge in [0.25, 0.3) is 0 Å². The highest BCUT2D eigenvalue weighted by Crippen LogP contribution is 2.33. The van der Waals surface area contributed by atoms with Crippen LogP contribution >= 0.6 is 0 Å². The molecule has 25 heavy (non-hydrogen) atoms. The number of carbonyl (C=O) groups excluding carboxylic acids is 1. The van der Waals surface area contributed by atoms with Crippen molar-refractivity contribution in [1.29, 1.82) is 0 Å². The second-order valence-corrected chi connectivity index (χ2v) is 7.22. The zero-order valence-corrected chi connectivity index (χ0v) is 15.0. The lowest BCUT2D eigenvalue weighted by Gasteiger charge is -2.28. The zero-order chi connectivity index (χ0) is 18.2. The van der Waals surface area contributed by atoms with Crippen molar-refractivity contribution in [3.63, 3.8) is 0 Å². The number of halogens is 1. The molecule has 3 heterocycles. The number of carbonyl (C=O) groups is 1. The van der Waals surface area contributed by atoms with Crippen LogP contribution in [0.2, 0.25) is 0 Å². The van der Waals surface area contributed by atoms with Crippen LogP contribution in [0.4, 0.5) is 9.18 Å². The van der Waals surface area contributed by atoms with Crippen LogP contribution in [-0.2, 0) is 4.74 Å². The van der Waals surface area contributed by atoms with Crippen molar-refractivity contribution in [2.24, 2.45) is 0 Å². The van der Waals surface area contributed by atoms with E-state index in [1.54, 1.807) is 34.9 Å². The Bertz CT molecular complexity index is 782. The first-order valence-corrected chi connectivity index (χ1v) is 8.42. The third-order valence-electron chi connectivity index (χ3n) is 4.10. The fourth-order valence-electron chi connectivity index (χ4n) is 2.99. The Labute approximate surface area is 146 Å². The van der Waals surface area contributed by atoms with Gasteiger partial charge in [0, 0.05) is 18.9 Å². The first-order valence-electron chi connectivity index (χ1n) is 8.42. The van der Waals surface area contributed by atoms with Gasteiger partial charge in [-0.1, -0.05) is 0 Å². The molecule has 1 amide bonds. The molecule has 0 bridgehead atoms. The zero-order valence-electron chi connectivity index (χ0n) is 15.0. The molecule has 2 aromatic rings. The molecule has 1 fully saturated rings. The second kappa shape index (κ2) is 6.46. The summed E-state index contributed by atoms with van der Waals surface area (Å²) in [5, 5.41) is 0. The molecule has 0 radical (unpaired) electrons. The predicted octanol–water partition coefficient (Wildman–Crippen LogP) is 3.79. The van der Waals surface area contributed by atoms with Gasteiger partial charge in [-0.15, -0.1) is 0 Å². The topological polar surface area (TPSA) is 60.2 Å². The third kappa shape index (κ3) is 3.65. The fourth-order valence-corrected chi connectivity index (χ4v) is 2.99. The van der Waals surface area contributed by atoms with Crippen molar-refractivity contribution in [3.05, 3.63) is 41.9 Å². The Morgan fingerprint density at radius 1 is 1.36 bits per heavy atom. The summed E-state index contributed by atoms with van der Waals surface area (Å²) < 4.78 is 20.8. The van der Waals surface area contributed by atoms with E-state index in [4.69, 9.17) is 4.74 Å². The van der Waals surface area contributed by atoms with E-state index in [9.17, 15) is 9.18 Å². The van der Waals surface area contributed by atoms with Gasteiger partial charge in [-0.3, -0.25) is 9.47 Å². The molecule has 3 rings (SSSR count). The van der Waals surface area contributed by atoms with Gasteiger partial charge in [-0.25, -0.2) is 19.2 Å². The molecule has 0 spiro atoms. The van der Waals surface area contributed by atoms with E-state index in [2.05, 4.69) is 9.97 Å². The van der Waals surface area contributed by atoms with Crippen LogP contribution in [0.25, 0.3) is 5.82 Å². The first kappa shape index (κ1) is 17.4. The van der Waals surface area contributed by atoms with Gasteiger partial charge in [0.1, 0.15) is 23.1 Å². The number of imidazole rings is 1. The van der Waals surface area contributed by atoms with Crippen LogP contribution in [0.5, 0.6) is 0 Å². The lowest BCUT2D eigenvalue weighted by molar-refractivity contribution is 0.0217.